The third-order valence-corrected chi connectivity index (χ3v) is 4.42. The first-order valence-electron chi connectivity index (χ1n) is 8.71. The Morgan fingerprint density at radius 1 is 0.963 bits per heavy atom. The third-order valence-electron chi connectivity index (χ3n) is 4.42. The van der Waals surface area contributed by atoms with Crippen LogP contribution in [0.5, 0.6) is 11.5 Å². The van der Waals surface area contributed by atoms with E-state index in [4.69, 9.17) is 9.47 Å². The van der Waals surface area contributed by atoms with Crippen LogP contribution in [0.3, 0.4) is 0 Å². The Kier molecular flexibility index (Phi) is 5.76. The van der Waals surface area contributed by atoms with Crippen molar-refractivity contribution in [1.82, 2.24) is 9.97 Å². The van der Waals surface area contributed by atoms with Gasteiger partial charge in [0, 0.05) is 18.4 Å². The van der Waals surface area contributed by atoms with Crippen molar-refractivity contribution in [3.63, 3.8) is 0 Å². The topological polar surface area (TPSA) is 68.3 Å². The second kappa shape index (κ2) is 8.40. The Bertz CT molecular complexity index is 928. The van der Waals surface area contributed by atoms with Gasteiger partial charge in [0.1, 0.15) is 5.82 Å². The molecule has 140 valence electrons. The van der Waals surface area contributed by atoms with E-state index in [-0.39, 0.29) is 0 Å². The number of rotatable bonds is 7. The molecule has 0 fully saturated rings. The van der Waals surface area contributed by atoms with Crippen LogP contribution in [0.2, 0.25) is 0 Å². The molecule has 0 radical (unpaired) electrons. The lowest BCUT2D eigenvalue weighted by atomic mass is 10.1. The summed E-state index contributed by atoms with van der Waals surface area (Å²) in [6.07, 6.45) is 1.73. The second-order valence-electron chi connectivity index (χ2n) is 6.18. The van der Waals surface area contributed by atoms with Crippen molar-refractivity contribution < 1.29 is 9.47 Å². The molecule has 2 N–H and O–H groups in total. The van der Waals surface area contributed by atoms with Crippen molar-refractivity contribution in [2.45, 2.75) is 20.4 Å². The molecule has 0 aliphatic carbocycles. The van der Waals surface area contributed by atoms with Crippen LogP contribution < -0.4 is 20.1 Å². The van der Waals surface area contributed by atoms with Gasteiger partial charge in [-0.05, 0) is 54.8 Å². The minimum absolute atomic E-state index is 0.556. The monoisotopic (exact) mass is 364 g/mol. The molecule has 0 amide bonds. The maximum Gasteiger partial charge on any atom is 0.224 e. The molecule has 1 aromatic heterocycles. The average Bonchev–Trinajstić information content (AvgIpc) is 2.70. The fourth-order valence-electron chi connectivity index (χ4n) is 2.71. The van der Waals surface area contributed by atoms with Crippen molar-refractivity contribution in [3.8, 4) is 11.5 Å². The van der Waals surface area contributed by atoms with E-state index in [1.54, 1.807) is 20.4 Å². The van der Waals surface area contributed by atoms with Crippen molar-refractivity contribution in [1.29, 1.82) is 0 Å². The molecule has 0 aliphatic rings. The van der Waals surface area contributed by atoms with E-state index in [2.05, 4.69) is 40.5 Å². The van der Waals surface area contributed by atoms with Gasteiger partial charge in [0.2, 0.25) is 5.95 Å². The van der Waals surface area contributed by atoms with E-state index >= 15 is 0 Å². The van der Waals surface area contributed by atoms with Gasteiger partial charge in [0.15, 0.2) is 11.5 Å². The van der Waals surface area contributed by atoms with Gasteiger partial charge < -0.3 is 20.1 Å². The fraction of sp³-hybridized carbons (Fsp3) is 0.238. The number of hydrogen-bond acceptors (Lipinski definition) is 6. The zero-order chi connectivity index (χ0) is 19.2. The standard InChI is InChI=1S/C21H24N4O2/c1-14-6-5-7-17(15(14)2)24-20-10-11-22-21(25-20)23-13-16-8-9-18(26-3)19(12-16)27-4/h5-12H,13H2,1-4H3,(H2,22,23,24,25). The van der Waals surface area contributed by atoms with E-state index in [0.29, 0.717) is 24.0 Å². The lowest BCUT2D eigenvalue weighted by Gasteiger charge is -2.12. The molecule has 0 saturated heterocycles. The minimum Gasteiger partial charge on any atom is -0.493 e. The number of benzene rings is 2. The Labute approximate surface area is 159 Å². The molecule has 3 rings (SSSR count). The third kappa shape index (κ3) is 4.47. The molecular weight excluding hydrogens is 340 g/mol. The minimum atomic E-state index is 0.556. The zero-order valence-corrected chi connectivity index (χ0v) is 16.0. The molecule has 0 atom stereocenters. The van der Waals surface area contributed by atoms with Crippen LogP contribution in [0.4, 0.5) is 17.5 Å². The van der Waals surface area contributed by atoms with Crippen LogP contribution in [0.1, 0.15) is 16.7 Å². The number of methoxy groups -OCH3 is 2. The SMILES string of the molecule is COc1ccc(CNc2nccc(Nc3cccc(C)c3C)n2)cc1OC. The number of hydrogen-bond donors (Lipinski definition) is 2. The summed E-state index contributed by atoms with van der Waals surface area (Å²) in [6, 6.07) is 13.8. The van der Waals surface area contributed by atoms with Gasteiger partial charge in [-0.2, -0.15) is 4.98 Å². The molecule has 2 aromatic carbocycles. The Hall–Kier alpha value is -3.28. The van der Waals surface area contributed by atoms with Gasteiger partial charge in [-0.15, -0.1) is 0 Å². The summed E-state index contributed by atoms with van der Waals surface area (Å²) in [7, 11) is 3.25. The van der Waals surface area contributed by atoms with E-state index in [0.717, 1.165) is 17.1 Å². The summed E-state index contributed by atoms with van der Waals surface area (Å²) in [5, 5.41) is 6.60. The quantitative estimate of drug-likeness (QED) is 0.645. The van der Waals surface area contributed by atoms with E-state index in [1.165, 1.54) is 11.1 Å². The number of ether oxygens (including phenoxy) is 2. The van der Waals surface area contributed by atoms with E-state index < -0.39 is 0 Å². The summed E-state index contributed by atoms with van der Waals surface area (Å²) in [5.41, 5.74) is 4.53. The summed E-state index contributed by atoms with van der Waals surface area (Å²) >= 11 is 0. The number of nitrogens with one attached hydrogen (secondary N) is 2. The first kappa shape index (κ1) is 18.5. The smallest absolute Gasteiger partial charge is 0.224 e. The van der Waals surface area contributed by atoms with Gasteiger partial charge >= 0.3 is 0 Å². The van der Waals surface area contributed by atoms with Crippen molar-refractivity contribution in [2.24, 2.45) is 0 Å². The van der Waals surface area contributed by atoms with Crippen molar-refractivity contribution in [3.05, 3.63) is 65.4 Å². The number of nitrogens with zero attached hydrogens (tertiary/aromatic N) is 2. The largest absolute Gasteiger partial charge is 0.493 e. The van der Waals surface area contributed by atoms with Crippen LogP contribution in [0.25, 0.3) is 0 Å². The molecule has 0 bridgehead atoms. The lowest BCUT2D eigenvalue weighted by molar-refractivity contribution is 0.354. The molecule has 0 aliphatic heterocycles. The van der Waals surface area contributed by atoms with Crippen LogP contribution >= 0.6 is 0 Å². The number of aryl methyl sites for hydroxylation is 1. The highest BCUT2D eigenvalue weighted by molar-refractivity contribution is 5.62. The first-order valence-corrected chi connectivity index (χ1v) is 8.71. The molecule has 0 spiro atoms. The zero-order valence-electron chi connectivity index (χ0n) is 16.0. The molecule has 0 unspecified atom stereocenters. The van der Waals surface area contributed by atoms with Gasteiger partial charge in [0.25, 0.3) is 0 Å². The highest BCUT2D eigenvalue weighted by Gasteiger charge is 2.06. The molecule has 3 aromatic rings. The maximum absolute atomic E-state index is 5.34. The number of anilines is 3. The summed E-state index contributed by atoms with van der Waals surface area (Å²) in [6.45, 7) is 4.76. The van der Waals surface area contributed by atoms with Crippen LogP contribution in [-0.2, 0) is 6.54 Å². The lowest BCUT2D eigenvalue weighted by Crippen LogP contribution is -2.05. The highest BCUT2D eigenvalue weighted by Crippen LogP contribution is 2.28. The predicted octanol–water partition coefficient (Wildman–Crippen LogP) is 4.47. The maximum atomic E-state index is 5.34. The van der Waals surface area contributed by atoms with E-state index in [1.807, 2.05) is 36.4 Å². The summed E-state index contributed by atoms with van der Waals surface area (Å²) in [4.78, 5) is 8.84. The molecule has 1 heterocycles. The van der Waals surface area contributed by atoms with E-state index in [9.17, 15) is 0 Å². The molecule has 6 nitrogen and oxygen atoms in total. The van der Waals surface area contributed by atoms with Gasteiger partial charge in [0.05, 0.1) is 14.2 Å². The molecule has 0 saturated carbocycles. The second-order valence-corrected chi connectivity index (χ2v) is 6.18. The summed E-state index contributed by atoms with van der Waals surface area (Å²) in [5.74, 6) is 2.70. The fourth-order valence-corrected chi connectivity index (χ4v) is 2.71. The predicted molar refractivity (Wildman–Crippen MR) is 108 cm³/mol. The van der Waals surface area contributed by atoms with Gasteiger partial charge in [-0.1, -0.05) is 18.2 Å². The van der Waals surface area contributed by atoms with Crippen molar-refractivity contribution >= 4 is 17.5 Å². The van der Waals surface area contributed by atoms with Crippen LogP contribution in [-0.4, -0.2) is 24.2 Å². The van der Waals surface area contributed by atoms with Crippen LogP contribution in [0, 0.1) is 13.8 Å². The highest BCUT2D eigenvalue weighted by atomic mass is 16.5. The Balaban J connectivity index is 1.70. The van der Waals surface area contributed by atoms with Gasteiger partial charge in [-0.3, -0.25) is 0 Å². The normalized spacial score (nSPS) is 10.4. The number of aromatic nitrogens is 2. The Morgan fingerprint density at radius 3 is 2.56 bits per heavy atom. The summed E-state index contributed by atoms with van der Waals surface area (Å²) < 4.78 is 10.6. The molecular formula is C21H24N4O2. The first-order chi connectivity index (χ1) is 13.1. The molecule has 6 heteroatoms. The van der Waals surface area contributed by atoms with Gasteiger partial charge in [-0.25, -0.2) is 4.98 Å². The average molecular weight is 364 g/mol. The van der Waals surface area contributed by atoms with Crippen LogP contribution in [0.15, 0.2) is 48.7 Å². The van der Waals surface area contributed by atoms with Crippen molar-refractivity contribution in [2.75, 3.05) is 24.9 Å². The molecule has 27 heavy (non-hydrogen) atoms. The Morgan fingerprint density at radius 2 is 1.78 bits per heavy atom.